The number of nitrogens with one attached hydrogen (secondary N) is 1. The summed E-state index contributed by atoms with van der Waals surface area (Å²) in [5.41, 5.74) is 5.48. The third-order valence-corrected chi connectivity index (χ3v) is 4.27. The van der Waals surface area contributed by atoms with Crippen LogP contribution in [0.25, 0.3) is 17.0 Å². The Kier molecular flexibility index (Phi) is 5.54. The monoisotopic (exact) mass is 348 g/mol. The Morgan fingerprint density at radius 1 is 1.12 bits per heavy atom. The number of fused-ring (bicyclic) bond motifs is 1. The van der Waals surface area contributed by atoms with Gasteiger partial charge in [0.2, 0.25) is 0 Å². The van der Waals surface area contributed by atoms with Crippen LogP contribution in [0.5, 0.6) is 0 Å². The van der Waals surface area contributed by atoms with Crippen molar-refractivity contribution in [3.63, 3.8) is 0 Å². The van der Waals surface area contributed by atoms with E-state index in [4.69, 9.17) is 4.74 Å². The highest BCUT2D eigenvalue weighted by Gasteiger charge is 2.12. The smallest absolute Gasteiger partial charge is 0.331 e. The van der Waals surface area contributed by atoms with Gasteiger partial charge in [0.05, 0.1) is 0 Å². The molecule has 0 aliphatic heterocycles. The number of aromatic nitrogens is 1. The van der Waals surface area contributed by atoms with Crippen LogP contribution in [0.3, 0.4) is 0 Å². The zero-order valence-corrected chi connectivity index (χ0v) is 15.5. The Bertz CT molecular complexity index is 924. The highest BCUT2D eigenvalue weighted by molar-refractivity contribution is 5.96. The number of aromatic amines is 1. The van der Waals surface area contributed by atoms with Crippen LogP contribution < -0.4 is 0 Å². The van der Waals surface area contributed by atoms with Gasteiger partial charge < -0.3 is 14.6 Å². The number of hydrogen-bond acceptors (Lipinski definition) is 3. The molecule has 0 fully saturated rings. The predicted molar refractivity (Wildman–Crippen MR) is 106 cm³/mol. The number of H-pyrrole nitrogens is 1. The molecule has 0 saturated heterocycles. The number of ether oxygens (including phenoxy) is 1. The molecule has 1 N–H and O–H groups in total. The molecule has 0 radical (unpaired) electrons. The topological polar surface area (TPSA) is 45.3 Å². The standard InChI is InChI=1S/C22H24N2O2/c1-16-19(14-24(2)3)22-18(10-7-11-20(22)23-16)12-13-21(25)26-15-17-8-5-4-6-9-17/h4-13,23H,14-15H2,1-3H3. The van der Waals surface area contributed by atoms with Gasteiger partial charge in [-0.3, -0.25) is 0 Å². The molecule has 4 heteroatoms. The van der Waals surface area contributed by atoms with Gasteiger partial charge in [-0.05, 0) is 49.9 Å². The first-order chi connectivity index (χ1) is 12.5. The first-order valence-electron chi connectivity index (χ1n) is 8.68. The fourth-order valence-corrected chi connectivity index (χ4v) is 3.06. The lowest BCUT2D eigenvalue weighted by molar-refractivity contribution is -0.138. The second kappa shape index (κ2) is 8.02. The highest BCUT2D eigenvalue weighted by Crippen LogP contribution is 2.27. The van der Waals surface area contributed by atoms with Crippen molar-refractivity contribution < 1.29 is 9.53 Å². The van der Waals surface area contributed by atoms with Crippen LogP contribution in [0.4, 0.5) is 0 Å². The minimum atomic E-state index is -0.340. The van der Waals surface area contributed by atoms with E-state index >= 15 is 0 Å². The van der Waals surface area contributed by atoms with Crippen LogP contribution in [-0.2, 0) is 22.7 Å². The van der Waals surface area contributed by atoms with Crippen molar-refractivity contribution in [2.75, 3.05) is 14.1 Å². The molecular formula is C22H24N2O2. The van der Waals surface area contributed by atoms with Gasteiger partial charge in [0, 0.05) is 29.2 Å². The Morgan fingerprint density at radius 2 is 1.88 bits per heavy atom. The molecule has 0 bridgehead atoms. The predicted octanol–water partition coefficient (Wildman–Crippen LogP) is 4.29. The molecule has 3 rings (SSSR count). The van der Waals surface area contributed by atoms with Gasteiger partial charge in [-0.2, -0.15) is 0 Å². The second-order valence-corrected chi connectivity index (χ2v) is 6.66. The van der Waals surface area contributed by atoms with E-state index in [1.165, 1.54) is 11.6 Å². The Hall–Kier alpha value is -2.85. The molecule has 1 aromatic heterocycles. The summed E-state index contributed by atoms with van der Waals surface area (Å²) in [7, 11) is 4.11. The van der Waals surface area contributed by atoms with Crippen LogP contribution in [-0.4, -0.2) is 29.9 Å². The van der Waals surface area contributed by atoms with Crippen LogP contribution in [0, 0.1) is 6.92 Å². The molecule has 26 heavy (non-hydrogen) atoms. The SMILES string of the molecule is Cc1[nH]c2cccc(C=CC(=O)OCc3ccccc3)c2c1CN(C)C. The van der Waals surface area contributed by atoms with Gasteiger partial charge >= 0.3 is 5.97 Å². The lowest BCUT2D eigenvalue weighted by Gasteiger charge is -2.10. The van der Waals surface area contributed by atoms with E-state index in [1.807, 2.05) is 48.5 Å². The van der Waals surface area contributed by atoms with Crippen molar-refractivity contribution >= 4 is 22.9 Å². The van der Waals surface area contributed by atoms with Crippen molar-refractivity contribution in [1.82, 2.24) is 9.88 Å². The number of carbonyl (C=O) groups is 1. The Morgan fingerprint density at radius 3 is 2.62 bits per heavy atom. The second-order valence-electron chi connectivity index (χ2n) is 6.66. The molecule has 2 aromatic carbocycles. The van der Waals surface area contributed by atoms with Crippen molar-refractivity contribution in [1.29, 1.82) is 0 Å². The maximum atomic E-state index is 12.1. The summed E-state index contributed by atoms with van der Waals surface area (Å²) in [4.78, 5) is 17.6. The van der Waals surface area contributed by atoms with E-state index in [1.54, 1.807) is 0 Å². The quantitative estimate of drug-likeness (QED) is 0.534. The van der Waals surface area contributed by atoms with Gasteiger partial charge in [0.1, 0.15) is 6.61 Å². The van der Waals surface area contributed by atoms with Crippen LogP contribution in [0.1, 0.15) is 22.4 Å². The third kappa shape index (κ3) is 4.21. The Labute approximate surface area is 154 Å². The van der Waals surface area contributed by atoms with Crippen molar-refractivity contribution in [2.24, 2.45) is 0 Å². The van der Waals surface area contributed by atoms with Crippen molar-refractivity contribution in [2.45, 2.75) is 20.1 Å². The van der Waals surface area contributed by atoms with Gasteiger partial charge in [-0.1, -0.05) is 42.5 Å². The molecule has 0 unspecified atom stereocenters. The number of esters is 1. The minimum absolute atomic E-state index is 0.281. The first-order valence-corrected chi connectivity index (χ1v) is 8.68. The fraction of sp³-hybridized carbons (Fsp3) is 0.227. The molecule has 0 spiro atoms. The summed E-state index contributed by atoms with van der Waals surface area (Å²) in [5, 5.41) is 1.16. The van der Waals surface area contributed by atoms with Crippen LogP contribution in [0.2, 0.25) is 0 Å². The molecule has 0 aliphatic rings. The van der Waals surface area contributed by atoms with E-state index in [0.29, 0.717) is 0 Å². The number of hydrogen-bond donors (Lipinski definition) is 1. The summed E-state index contributed by atoms with van der Waals surface area (Å²) >= 11 is 0. The molecule has 0 amide bonds. The summed E-state index contributed by atoms with van der Waals surface area (Å²) in [5.74, 6) is -0.340. The lowest BCUT2D eigenvalue weighted by atomic mass is 10.0. The molecule has 3 aromatic rings. The number of benzene rings is 2. The zero-order chi connectivity index (χ0) is 18.5. The molecule has 1 heterocycles. The average molecular weight is 348 g/mol. The number of nitrogens with zero attached hydrogens (tertiary/aromatic N) is 1. The van der Waals surface area contributed by atoms with E-state index in [2.05, 4.69) is 37.0 Å². The van der Waals surface area contributed by atoms with Crippen LogP contribution in [0.15, 0.2) is 54.6 Å². The maximum Gasteiger partial charge on any atom is 0.331 e. The normalized spacial score (nSPS) is 11.5. The molecule has 0 saturated carbocycles. The van der Waals surface area contributed by atoms with E-state index in [9.17, 15) is 4.79 Å². The molecule has 134 valence electrons. The summed E-state index contributed by atoms with van der Waals surface area (Å²) in [6, 6.07) is 15.8. The van der Waals surface area contributed by atoms with E-state index < -0.39 is 0 Å². The average Bonchev–Trinajstić information content (AvgIpc) is 2.94. The fourth-order valence-electron chi connectivity index (χ4n) is 3.06. The maximum absolute atomic E-state index is 12.1. The van der Waals surface area contributed by atoms with Crippen molar-refractivity contribution in [3.05, 3.63) is 77.0 Å². The van der Waals surface area contributed by atoms with Gasteiger partial charge in [-0.25, -0.2) is 4.79 Å². The van der Waals surface area contributed by atoms with E-state index in [-0.39, 0.29) is 12.6 Å². The largest absolute Gasteiger partial charge is 0.458 e. The number of rotatable bonds is 6. The first kappa shape index (κ1) is 18.0. The van der Waals surface area contributed by atoms with Crippen LogP contribution >= 0.6 is 0 Å². The minimum Gasteiger partial charge on any atom is -0.458 e. The Balaban J connectivity index is 1.79. The number of carbonyl (C=O) groups excluding carboxylic acids is 1. The lowest BCUT2D eigenvalue weighted by Crippen LogP contribution is -2.11. The third-order valence-electron chi connectivity index (χ3n) is 4.27. The molecule has 0 atom stereocenters. The molecular weight excluding hydrogens is 324 g/mol. The highest BCUT2D eigenvalue weighted by atomic mass is 16.5. The zero-order valence-electron chi connectivity index (χ0n) is 15.5. The molecule has 0 aliphatic carbocycles. The molecule has 4 nitrogen and oxygen atoms in total. The van der Waals surface area contributed by atoms with Gasteiger partial charge in [-0.15, -0.1) is 0 Å². The van der Waals surface area contributed by atoms with Crippen molar-refractivity contribution in [3.8, 4) is 0 Å². The summed E-state index contributed by atoms with van der Waals surface area (Å²) in [6.07, 6.45) is 3.33. The van der Waals surface area contributed by atoms with E-state index in [0.717, 1.165) is 34.3 Å². The number of aryl methyl sites for hydroxylation is 1. The van der Waals surface area contributed by atoms with Gasteiger partial charge in [0.15, 0.2) is 0 Å². The van der Waals surface area contributed by atoms with Gasteiger partial charge in [0.25, 0.3) is 0 Å². The summed E-state index contributed by atoms with van der Waals surface area (Å²) < 4.78 is 5.32. The summed E-state index contributed by atoms with van der Waals surface area (Å²) in [6.45, 7) is 3.21.